The number of rotatable bonds is 7. The summed E-state index contributed by atoms with van der Waals surface area (Å²) in [6.45, 7) is 2.08. The van der Waals surface area contributed by atoms with Gasteiger partial charge in [0, 0.05) is 6.04 Å². The van der Waals surface area contributed by atoms with Crippen molar-refractivity contribution < 1.29 is 26.3 Å². The Kier molecular flexibility index (Phi) is 5.10. The van der Waals surface area contributed by atoms with E-state index in [0.717, 1.165) is 18.9 Å². The van der Waals surface area contributed by atoms with E-state index in [1.165, 1.54) is 30.3 Å². The maximum atomic E-state index is 13.2. The van der Waals surface area contributed by atoms with Crippen LogP contribution in [0.5, 0.6) is 5.75 Å². The van der Waals surface area contributed by atoms with Crippen LogP contribution in [0.4, 0.5) is 24.8 Å². The number of aromatic nitrogens is 2. The number of ether oxygens (including phenoxy) is 1. The predicted molar refractivity (Wildman–Crippen MR) is 105 cm³/mol. The molecular weight excluding hydrogens is 421 g/mol. The van der Waals surface area contributed by atoms with Gasteiger partial charge in [-0.15, -0.1) is 0 Å². The Morgan fingerprint density at radius 3 is 2.67 bits per heavy atom. The van der Waals surface area contributed by atoms with Gasteiger partial charge in [-0.2, -0.15) is 13.2 Å². The van der Waals surface area contributed by atoms with Crippen molar-refractivity contribution in [2.45, 2.75) is 36.9 Å². The first-order valence-corrected chi connectivity index (χ1v) is 10.8. The maximum absolute atomic E-state index is 13.2. The van der Waals surface area contributed by atoms with Gasteiger partial charge in [-0.1, -0.05) is 6.07 Å². The number of nitrogens with zero attached hydrogens (tertiary/aromatic N) is 1. The van der Waals surface area contributed by atoms with Crippen LogP contribution >= 0.6 is 0 Å². The average molecular weight is 440 g/mol. The molecule has 1 aliphatic rings. The molecular formula is C19H19F3N4O3S. The fourth-order valence-electron chi connectivity index (χ4n) is 2.99. The Morgan fingerprint density at radius 1 is 1.23 bits per heavy atom. The summed E-state index contributed by atoms with van der Waals surface area (Å²) in [5.41, 5.74) is -0.628. The quantitative estimate of drug-likeness (QED) is 0.513. The lowest BCUT2D eigenvalue weighted by Gasteiger charge is -2.13. The SMILES string of the molecule is CCOc1ccc(S(=O)(=O)NC2CC2)cc1Nc1nc2c(C(F)(F)F)cccc2[nH]1. The number of aromatic amines is 1. The van der Waals surface area contributed by atoms with E-state index < -0.39 is 21.8 Å². The average Bonchev–Trinajstić information content (AvgIpc) is 3.37. The van der Waals surface area contributed by atoms with E-state index in [9.17, 15) is 21.6 Å². The van der Waals surface area contributed by atoms with Gasteiger partial charge in [0.05, 0.1) is 28.3 Å². The van der Waals surface area contributed by atoms with E-state index >= 15 is 0 Å². The molecule has 1 saturated carbocycles. The predicted octanol–water partition coefficient (Wildman–Crippen LogP) is 4.16. The summed E-state index contributed by atoms with van der Waals surface area (Å²) in [7, 11) is -3.72. The Bertz CT molecular complexity index is 1190. The number of fused-ring (bicyclic) bond motifs is 1. The van der Waals surface area contributed by atoms with Crippen molar-refractivity contribution in [1.82, 2.24) is 14.7 Å². The topological polar surface area (TPSA) is 96.1 Å². The Balaban J connectivity index is 1.71. The summed E-state index contributed by atoms with van der Waals surface area (Å²) < 4.78 is 72.9. The summed E-state index contributed by atoms with van der Waals surface area (Å²) in [4.78, 5) is 6.82. The van der Waals surface area contributed by atoms with Crippen molar-refractivity contribution in [3.05, 3.63) is 42.0 Å². The zero-order valence-electron chi connectivity index (χ0n) is 15.9. The van der Waals surface area contributed by atoms with Crippen LogP contribution in [0.25, 0.3) is 11.0 Å². The lowest BCUT2D eigenvalue weighted by atomic mass is 10.2. The Hall–Kier alpha value is -2.79. The lowest BCUT2D eigenvalue weighted by molar-refractivity contribution is -0.136. The molecule has 3 N–H and O–H groups in total. The molecule has 1 aliphatic carbocycles. The Morgan fingerprint density at radius 2 is 2.00 bits per heavy atom. The van der Waals surface area contributed by atoms with Gasteiger partial charge in [0.25, 0.3) is 0 Å². The number of halogens is 3. The first-order chi connectivity index (χ1) is 14.2. The van der Waals surface area contributed by atoms with Crippen LogP contribution in [0.3, 0.4) is 0 Å². The van der Waals surface area contributed by atoms with Crippen LogP contribution in [0, 0.1) is 0 Å². The van der Waals surface area contributed by atoms with E-state index in [1.807, 2.05) is 0 Å². The summed E-state index contributed by atoms with van der Waals surface area (Å²) >= 11 is 0. The largest absolute Gasteiger partial charge is 0.492 e. The summed E-state index contributed by atoms with van der Waals surface area (Å²) in [6.07, 6.45) is -2.96. The molecule has 30 heavy (non-hydrogen) atoms. The molecule has 11 heteroatoms. The highest BCUT2D eigenvalue weighted by molar-refractivity contribution is 7.89. The monoisotopic (exact) mass is 440 g/mol. The van der Waals surface area contributed by atoms with Crippen molar-refractivity contribution >= 4 is 32.7 Å². The first kappa shape index (κ1) is 20.5. The molecule has 0 bridgehead atoms. The van der Waals surface area contributed by atoms with Gasteiger partial charge >= 0.3 is 6.18 Å². The number of H-pyrrole nitrogens is 1. The van der Waals surface area contributed by atoms with E-state index in [-0.39, 0.29) is 33.6 Å². The second kappa shape index (κ2) is 7.47. The number of benzene rings is 2. The lowest BCUT2D eigenvalue weighted by Crippen LogP contribution is -2.25. The number of anilines is 2. The molecule has 7 nitrogen and oxygen atoms in total. The smallest absolute Gasteiger partial charge is 0.418 e. The molecule has 0 radical (unpaired) electrons. The van der Waals surface area contributed by atoms with E-state index in [4.69, 9.17) is 4.74 Å². The molecule has 4 rings (SSSR count). The van der Waals surface area contributed by atoms with Crippen LogP contribution in [-0.2, 0) is 16.2 Å². The fraction of sp³-hybridized carbons (Fsp3) is 0.316. The highest BCUT2D eigenvalue weighted by atomic mass is 32.2. The van der Waals surface area contributed by atoms with Gasteiger partial charge < -0.3 is 15.0 Å². The van der Waals surface area contributed by atoms with Crippen LogP contribution in [0.1, 0.15) is 25.3 Å². The number of alkyl halides is 3. The fourth-order valence-corrected chi connectivity index (χ4v) is 4.32. The summed E-state index contributed by atoms with van der Waals surface area (Å²) in [6, 6.07) is 7.94. The van der Waals surface area contributed by atoms with Crippen LogP contribution < -0.4 is 14.8 Å². The highest BCUT2D eigenvalue weighted by Crippen LogP contribution is 2.36. The molecule has 3 aromatic rings. The molecule has 160 valence electrons. The number of hydrogen-bond acceptors (Lipinski definition) is 5. The van der Waals surface area contributed by atoms with Crippen molar-refractivity contribution in [2.75, 3.05) is 11.9 Å². The normalized spacial score (nSPS) is 14.8. The number of nitrogens with one attached hydrogen (secondary N) is 3. The van der Waals surface area contributed by atoms with Gasteiger partial charge in [-0.25, -0.2) is 18.1 Å². The highest BCUT2D eigenvalue weighted by Gasteiger charge is 2.34. The van der Waals surface area contributed by atoms with Gasteiger partial charge in [-0.3, -0.25) is 0 Å². The molecule has 1 aromatic heterocycles. The van der Waals surface area contributed by atoms with E-state index in [2.05, 4.69) is 20.0 Å². The number of sulfonamides is 1. The molecule has 1 fully saturated rings. The molecule has 0 spiro atoms. The second-order valence-corrected chi connectivity index (χ2v) is 8.61. The maximum Gasteiger partial charge on any atom is 0.418 e. The second-order valence-electron chi connectivity index (χ2n) is 6.90. The van der Waals surface area contributed by atoms with Crippen LogP contribution in [0.2, 0.25) is 0 Å². The molecule has 0 atom stereocenters. The third-order valence-corrected chi connectivity index (χ3v) is 6.05. The van der Waals surface area contributed by atoms with Crippen molar-refractivity contribution in [3.63, 3.8) is 0 Å². The van der Waals surface area contributed by atoms with Crippen LogP contribution in [-0.4, -0.2) is 31.0 Å². The van der Waals surface area contributed by atoms with Gasteiger partial charge in [-0.05, 0) is 50.1 Å². The molecule has 0 aliphatic heterocycles. The van der Waals surface area contributed by atoms with Crippen LogP contribution in [0.15, 0.2) is 41.3 Å². The van der Waals surface area contributed by atoms with Crippen molar-refractivity contribution in [2.24, 2.45) is 0 Å². The minimum absolute atomic E-state index is 0.0208. The molecule has 0 amide bonds. The minimum Gasteiger partial charge on any atom is -0.492 e. The molecule has 2 aromatic carbocycles. The Labute approximate surface area is 170 Å². The third kappa shape index (κ3) is 4.21. The number of para-hydroxylation sites is 1. The van der Waals surface area contributed by atoms with Gasteiger partial charge in [0.1, 0.15) is 11.3 Å². The zero-order valence-corrected chi connectivity index (χ0v) is 16.7. The molecule has 0 unspecified atom stereocenters. The van der Waals surface area contributed by atoms with Gasteiger partial charge in [0.2, 0.25) is 16.0 Å². The first-order valence-electron chi connectivity index (χ1n) is 9.29. The number of imidazole rings is 1. The van der Waals surface area contributed by atoms with Crippen molar-refractivity contribution in [3.8, 4) is 5.75 Å². The number of hydrogen-bond donors (Lipinski definition) is 3. The molecule has 0 saturated heterocycles. The van der Waals surface area contributed by atoms with Gasteiger partial charge in [0.15, 0.2) is 0 Å². The third-order valence-electron chi connectivity index (χ3n) is 4.53. The standard InChI is InChI=1S/C19H19F3N4O3S/c1-2-29-16-9-8-12(30(27,28)26-11-6-7-11)10-15(16)24-18-23-14-5-3-4-13(17(14)25-18)19(20,21)22/h3-5,8-11,26H,2,6-7H2,1H3,(H2,23,24,25). The summed E-state index contributed by atoms with van der Waals surface area (Å²) in [5, 5.41) is 2.86. The molecule has 1 heterocycles. The van der Waals surface area contributed by atoms with E-state index in [0.29, 0.717) is 12.4 Å². The van der Waals surface area contributed by atoms with E-state index in [1.54, 1.807) is 6.92 Å². The zero-order chi connectivity index (χ0) is 21.5. The summed E-state index contributed by atoms with van der Waals surface area (Å²) in [5.74, 6) is 0.381. The van der Waals surface area contributed by atoms with Crippen molar-refractivity contribution in [1.29, 1.82) is 0 Å². The minimum atomic E-state index is -4.55.